The van der Waals surface area contributed by atoms with E-state index in [4.69, 9.17) is 4.74 Å². The molecule has 3 aromatic rings. The van der Waals surface area contributed by atoms with Crippen LogP contribution in [0.15, 0.2) is 72.8 Å². The first-order chi connectivity index (χ1) is 15.4. The summed E-state index contributed by atoms with van der Waals surface area (Å²) in [7, 11) is 0. The number of phenols is 1. The number of carbonyl (C=O) groups is 1. The Morgan fingerprint density at radius 1 is 0.844 bits per heavy atom. The van der Waals surface area contributed by atoms with Gasteiger partial charge in [-0.2, -0.15) is 0 Å². The van der Waals surface area contributed by atoms with E-state index in [2.05, 4.69) is 31.3 Å². The molecule has 0 spiro atoms. The molecule has 3 aromatic carbocycles. The van der Waals surface area contributed by atoms with Crippen molar-refractivity contribution in [3.05, 3.63) is 89.5 Å². The third-order valence-corrected chi connectivity index (χ3v) is 6.61. The first kappa shape index (κ1) is 21.9. The number of phenolic OH excluding ortho intramolecular Hbond substituents is 1. The van der Waals surface area contributed by atoms with E-state index in [-0.39, 0.29) is 11.2 Å². The lowest BCUT2D eigenvalue weighted by molar-refractivity contribution is 0.215. The van der Waals surface area contributed by atoms with Gasteiger partial charge in [-0.15, -0.1) is 0 Å². The maximum atomic E-state index is 12.3. The molecular weight excluding hydrogens is 398 g/mol. The van der Waals surface area contributed by atoms with Gasteiger partial charge in [0.15, 0.2) is 0 Å². The molecule has 0 aromatic heterocycles. The minimum absolute atomic E-state index is 0.229. The van der Waals surface area contributed by atoms with Crippen LogP contribution < -0.4 is 10.1 Å². The molecule has 1 saturated carbocycles. The zero-order valence-electron chi connectivity index (χ0n) is 18.8. The van der Waals surface area contributed by atoms with Crippen molar-refractivity contribution in [3.63, 3.8) is 0 Å². The second-order valence-electron chi connectivity index (χ2n) is 9.17. The van der Waals surface area contributed by atoms with Gasteiger partial charge in [-0.05, 0) is 71.8 Å². The van der Waals surface area contributed by atoms with Crippen molar-refractivity contribution in [3.8, 4) is 11.5 Å². The number of ether oxygens (including phenoxy) is 1. The molecular formula is C28H31NO3. The van der Waals surface area contributed by atoms with Crippen LogP contribution in [0, 0.1) is 0 Å². The molecule has 4 rings (SSSR count). The van der Waals surface area contributed by atoms with Crippen LogP contribution in [-0.4, -0.2) is 11.2 Å². The smallest absolute Gasteiger partial charge is 0.417 e. The molecule has 4 heteroatoms. The lowest BCUT2D eigenvalue weighted by atomic mass is 9.78. The van der Waals surface area contributed by atoms with Gasteiger partial charge in [0.25, 0.3) is 0 Å². The summed E-state index contributed by atoms with van der Waals surface area (Å²) in [5.74, 6) is 1.44. The number of aromatic hydroxyl groups is 1. The van der Waals surface area contributed by atoms with Crippen LogP contribution in [0.3, 0.4) is 0 Å². The van der Waals surface area contributed by atoms with Crippen LogP contribution in [0.25, 0.3) is 0 Å². The van der Waals surface area contributed by atoms with Gasteiger partial charge in [-0.3, -0.25) is 5.32 Å². The molecule has 0 atom stereocenters. The minimum Gasteiger partial charge on any atom is -0.508 e. The average molecular weight is 430 g/mol. The van der Waals surface area contributed by atoms with Crippen LogP contribution in [0.5, 0.6) is 11.5 Å². The van der Waals surface area contributed by atoms with Crippen LogP contribution >= 0.6 is 0 Å². The van der Waals surface area contributed by atoms with Crippen molar-refractivity contribution in [1.82, 2.24) is 0 Å². The molecule has 0 aliphatic heterocycles. The maximum absolute atomic E-state index is 12.3. The summed E-state index contributed by atoms with van der Waals surface area (Å²) < 4.78 is 5.46. The zero-order chi connectivity index (χ0) is 22.6. The van der Waals surface area contributed by atoms with Crippen LogP contribution in [0.1, 0.15) is 68.6 Å². The van der Waals surface area contributed by atoms with Crippen molar-refractivity contribution >= 4 is 11.8 Å². The van der Waals surface area contributed by atoms with Crippen molar-refractivity contribution in [1.29, 1.82) is 0 Å². The highest BCUT2D eigenvalue weighted by Crippen LogP contribution is 2.34. The van der Waals surface area contributed by atoms with Gasteiger partial charge < -0.3 is 9.84 Å². The normalized spacial score (nSPS) is 14.7. The Morgan fingerprint density at radius 2 is 1.41 bits per heavy atom. The summed E-state index contributed by atoms with van der Waals surface area (Å²) in [4.78, 5) is 12.3. The zero-order valence-corrected chi connectivity index (χ0v) is 18.8. The first-order valence-electron chi connectivity index (χ1n) is 11.4. The molecule has 0 unspecified atom stereocenters. The molecule has 1 aliphatic carbocycles. The summed E-state index contributed by atoms with van der Waals surface area (Å²) in [5, 5.41) is 12.3. The fraction of sp³-hybridized carbons (Fsp3) is 0.321. The van der Waals surface area contributed by atoms with Gasteiger partial charge in [-0.1, -0.05) is 69.5 Å². The first-order valence-corrected chi connectivity index (χ1v) is 11.4. The molecule has 4 nitrogen and oxygen atoms in total. The van der Waals surface area contributed by atoms with Crippen LogP contribution in [-0.2, 0) is 5.41 Å². The van der Waals surface area contributed by atoms with E-state index in [9.17, 15) is 9.90 Å². The Balaban J connectivity index is 1.36. The van der Waals surface area contributed by atoms with E-state index in [1.807, 2.05) is 48.5 Å². The summed E-state index contributed by atoms with van der Waals surface area (Å²) in [6.45, 7) is 4.26. The largest absolute Gasteiger partial charge is 0.508 e. The molecule has 32 heavy (non-hydrogen) atoms. The summed E-state index contributed by atoms with van der Waals surface area (Å²) in [6, 6.07) is 22.9. The second-order valence-corrected chi connectivity index (χ2v) is 9.17. The predicted molar refractivity (Wildman–Crippen MR) is 129 cm³/mol. The Bertz CT molecular complexity index is 1030. The highest BCUT2D eigenvalue weighted by molar-refractivity contribution is 5.86. The number of rotatable bonds is 5. The molecule has 0 bridgehead atoms. The van der Waals surface area contributed by atoms with E-state index in [1.165, 1.54) is 37.7 Å². The van der Waals surface area contributed by atoms with Gasteiger partial charge in [0.2, 0.25) is 0 Å². The second kappa shape index (κ2) is 9.47. The Morgan fingerprint density at radius 3 is 2.00 bits per heavy atom. The van der Waals surface area contributed by atoms with E-state index < -0.39 is 6.09 Å². The topological polar surface area (TPSA) is 58.6 Å². The van der Waals surface area contributed by atoms with E-state index >= 15 is 0 Å². The standard InChI is InChI=1S/C28H31NO3/c1-28(2,23-12-16-25(30)17-13-23)22-10-14-24(15-11-22)29-27(31)32-26-18-8-21(9-19-26)20-6-4-3-5-7-20/h8-20,30H,3-7H2,1-2H3,(H,29,31). The lowest BCUT2D eigenvalue weighted by Crippen LogP contribution is -2.19. The predicted octanol–water partition coefficient (Wildman–Crippen LogP) is 7.38. The average Bonchev–Trinajstić information content (AvgIpc) is 2.81. The number of benzene rings is 3. The monoisotopic (exact) mass is 429 g/mol. The lowest BCUT2D eigenvalue weighted by Gasteiger charge is -2.26. The van der Waals surface area contributed by atoms with E-state index in [1.54, 1.807) is 12.1 Å². The van der Waals surface area contributed by atoms with Gasteiger partial charge in [-0.25, -0.2) is 4.79 Å². The summed E-state index contributed by atoms with van der Waals surface area (Å²) in [5.41, 5.74) is 4.00. The molecule has 2 N–H and O–H groups in total. The van der Waals surface area contributed by atoms with Gasteiger partial charge in [0, 0.05) is 11.1 Å². The fourth-order valence-corrected chi connectivity index (χ4v) is 4.51. The van der Waals surface area contributed by atoms with E-state index in [0.717, 1.165) is 11.1 Å². The number of amides is 1. The van der Waals surface area contributed by atoms with E-state index in [0.29, 0.717) is 17.4 Å². The maximum Gasteiger partial charge on any atom is 0.417 e. The number of anilines is 1. The van der Waals surface area contributed by atoms with Crippen molar-refractivity contribution in [2.75, 3.05) is 5.32 Å². The molecule has 1 fully saturated rings. The number of carbonyl (C=O) groups excluding carboxylic acids is 1. The molecule has 1 aliphatic rings. The molecule has 1 amide bonds. The molecule has 0 heterocycles. The van der Waals surface area contributed by atoms with Crippen molar-refractivity contribution < 1.29 is 14.6 Å². The summed E-state index contributed by atoms with van der Waals surface area (Å²) >= 11 is 0. The van der Waals surface area contributed by atoms with Crippen molar-refractivity contribution in [2.45, 2.75) is 57.3 Å². The number of hydrogen-bond acceptors (Lipinski definition) is 3. The Kier molecular flexibility index (Phi) is 6.50. The minimum atomic E-state index is -0.499. The molecule has 166 valence electrons. The Hall–Kier alpha value is -3.27. The van der Waals surface area contributed by atoms with Gasteiger partial charge >= 0.3 is 6.09 Å². The van der Waals surface area contributed by atoms with Crippen LogP contribution in [0.2, 0.25) is 0 Å². The van der Waals surface area contributed by atoms with Gasteiger partial charge in [0.1, 0.15) is 11.5 Å². The molecule has 0 radical (unpaired) electrons. The highest BCUT2D eigenvalue weighted by atomic mass is 16.6. The SMILES string of the molecule is CC(C)(c1ccc(O)cc1)c1ccc(NC(=O)Oc2ccc(C3CCCCC3)cc2)cc1. The summed E-state index contributed by atoms with van der Waals surface area (Å²) in [6.07, 6.45) is 5.95. The van der Waals surface area contributed by atoms with Crippen molar-refractivity contribution in [2.24, 2.45) is 0 Å². The fourth-order valence-electron chi connectivity index (χ4n) is 4.51. The van der Waals surface area contributed by atoms with Crippen LogP contribution in [0.4, 0.5) is 10.5 Å². The third-order valence-electron chi connectivity index (χ3n) is 6.61. The molecule has 0 saturated heterocycles. The third kappa shape index (κ3) is 5.13. The Labute approximate surface area is 190 Å². The highest BCUT2D eigenvalue weighted by Gasteiger charge is 2.23. The van der Waals surface area contributed by atoms with Gasteiger partial charge in [0.05, 0.1) is 0 Å². The number of nitrogens with one attached hydrogen (secondary N) is 1. The number of hydrogen-bond donors (Lipinski definition) is 2. The quantitative estimate of drug-likeness (QED) is 0.445.